The van der Waals surface area contributed by atoms with Crippen molar-refractivity contribution in [1.82, 2.24) is 19.7 Å². The second-order valence-corrected chi connectivity index (χ2v) is 2.75. The van der Waals surface area contributed by atoms with Gasteiger partial charge < -0.3 is 0 Å². The normalized spacial score (nSPS) is 10.8. The Kier molecular flexibility index (Phi) is 1.69. The van der Waals surface area contributed by atoms with E-state index in [4.69, 9.17) is 0 Å². The van der Waals surface area contributed by atoms with Gasteiger partial charge in [-0.2, -0.15) is 0 Å². The molecule has 5 nitrogen and oxygen atoms in total. The van der Waals surface area contributed by atoms with Gasteiger partial charge in [-0.1, -0.05) is 15.9 Å². The molecule has 62 valence electrons. The van der Waals surface area contributed by atoms with E-state index >= 15 is 0 Å². The smallest absolute Gasteiger partial charge is 0.277 e. The van der Waals surface area contributed by atoms with Gasteiger partial charge in [0, 0.05) is 6.20 Å². The third kappa shape index (κ3) is 0.953. The van der Waals surface area contributed by atoms with Crippen LogP contribution in [0.25, 0.3) is 11.0 Å². The Labute approximate surface area is 75.6 Å². The van der Waals surface area contributed by atoms with Gasteiger partial charge in [0.05, 0.1) is 5.45 Å². The van der Waals surface area contributed by atoms with Crippen LogP contribution in [0.2, 0.25) is 0 Å². The molecule has 0 aliphatic carbocycles. The number of hydrogen-bond acceptors (Lipinski definition) is 3. The molecule has 0 saturated heterocycles. The van der Waals surface area contributed by atoms with Crippen LogP contribution in [0.1, 0.15) is 0 Å². The lowest BCUT2D eigenvalue weighted by atomic mass is 10.4. The third-order valence-corrected chi connectivity index (χ3v) is 2.05. The summed E-state index contributed by atoms with van der Waals surface area (Å²) in [5.41, 5.74) is 0.888. The molecule has 0 fully saturated rings. The van der Waals surface area contributed by atoms with Crippen LogP contribution in [0, 0.1) is 0 Å². The first-order valence-corrected chi connectivity index (χ1v) is 4.39. The van der Waals surface area contributed by atoms with Crippen LogP contribution in [0.3, 0.4) is 0 Å². The van der Waals surface area contributed by atoms with E-state index in [1.807, 2.05) is 0 Å². The molecule has 0 spiro atoms. The Bertz CT molecular complexity index is 460. The molecule has 0 radical (unpaired) electrons. The maximum atomic E-state index is 11.4. The number of nitrogens with zero attached hydrogens (tertiary/aromatic N) is 3. The van der Waals surface area contributed by atoms with E-state index in [1.54, 1.807) is 0 Å². The van der Waals surface area contributed by atoms with Gasteiger partial charge in [0.15, 0.2) is 5.65 Å². The van der Waals surface area contributed by atoms with Crippen molar-refractivity contribution in [2.75, 3.05) is 0 Å². The summed E-state index contributed by atoms with van der Waals surface area (Å²) in [5.74, 6) is 0. The number of nitrogens with one attached hydrogen (secondary N) is 1. The zero-order valence-corrected chi connectivity index (χ0v) is 7.58. The minimum Gasteiger partial charge on any atom is -0.277 e. The first-order valence-electron chi connectivity index (χ1n) is 3.27. The number of fused-ring (bicyclic) bond motifs is 1. The number of H-pyrrole nitrogens is 1. The quantitative estimate of drug-likeness (QED) is 0.723. The second-order valence-electron chi connectivity index (χ2n) is 2.25. The zero-order chi connectivity index (χ0) is 8.55. The van der Waals surface area contributed by atoms with E-state index in [9.17, 15) is 4.79 Å². The van der Waals surface area contributed by atoms with Gasteiger partial charge in [-0.25, -0.2) is 14.6 Å². The van der Waals surface area contributed by atoms with Crippen molar-refractivity contribution >= 4 is 27.0 Å². The predicted molar refractivity (Wildman–Crippen MR) is 47.1 cm³/mol. The Morgan fingerprint density at radius 1 is 1.67 bits per heavy atom. The molecule has 0 aromatic carbocycles. The van der Waals surface area contributed by atoms with Crippen LogP contribution < -0.4 is 5.56 Å². The lowest BCUT2D eigenvalue weighted by Crippen LogP contribution is -2.13. The average molecular weight is 229 g/mol. The van der Waals surface area contributed by atoms with Gasteiger partial charge in [0.25, 0.3) is 5.56 Å². The van der Waals surface area contributed by atoms with Gasteiger partial charge in [-0.15, -0.1) is 0 Å². The molecule has 0 saturated carbocycles. The minimum atomic E-state index is -0.109. The lowest BCUT2D eigenvalue weighted by molar-refractivity contribution is 0.739. The van der Waals surface area contributed by atoms with E-state index in [-0.39, 0.29) is 5.56 Å². The molecule has 2 rings (SSSR count). The van der Waals surface area contributed by atoms with Crippen molar-refractivity contribution in [3.63, 3.8) is 0 Å². The molecular weight excluding hydrogens is 224 g/mol. The highest BCUT2D eigenvalue weighted by molar-refractivity contribution is 9.08. The minimum absolute atomic E-state index is 0.109. The van der Waals surface area contributed by atoms with E-state index in [0.29, 0.717) is 16.5 Å². The Morgan fingerprint density at radius 2 is 2.50 bits per heavy atom. The number of aromatic amines is 1. The van der Waals surface area contributed by atoms with Crippen molar-refractivity contribution in [2.45, 2.75) is 5.45 Å². The summed E-state index contributed by atoms with van der Waals surface area (Å²) in [6.45, 7) is 0. The van der Waals surface area contributed by atoms with Crippen LogP contribution in [-0.4, -0.2) is 19.7 Å². The largest absolute Gasteiger partial charge is 0.278 e. The average Bonchev–Trinajstić information content (AvgIpc) is 2.44. The standard InChI is InChI=1S/C6H5BrN4O/c7-2-11-6(12)4-1-8-3-9-5(4)10-11/h1,3H,2H2,(H,8,9,10). The summed E-state index contributed by atoms with van der Waals surface area (Å²) in [7, 11) is 0. The van der Waals surface area contributed by atoms with Gasteiger partial charge in [0.1, 0.15) is 11.7 Å². The summed E-state index contributed by atoms with van der Waals surface area (Å²) >= 11 is 3.17. The van der Waals surface area contributed by atoms with Crippen molar-refractivity contribution in [1.29, 1.82) is 0 Å². The van der Waals surface area contributed by atoms with Crippen molar-refractivity contribution in [3.8, 4) is 0 Å². The Balaban J connectivity index is 2.88. The fraction of sp³-hybridized carbons (Fsp3) is 0.167. The first-order chi connectivity index (χ1) is 5.83. The second kappa shape index (κ2) is 2.71. The zero-order valence-electron chi connectivity index (χ0n) is 5.99. The monoisotopic (exact) mass is 228 g/mol. The van der Waals surface area contributed by atoms with Crippen molar-refractivity contribution < 1.29 is 0 Å². The maximum Gasteiger partial charge on any atom is 0.278 e. The van der Waals surface area contributed by atoms with Crippen LogP contribution in [-0.2, 0) is 5.45 Å². The fourth-order valence-corrected chi connectivity index (χ4v) is 1.34. The highest BCUT2D eigenvalue weighted by Gasteiger charge is 2.04. The molecular formula is C6H5BrN4O. The van der Waals surface area contributed by atoms with Crippen LogP contribution >= 0.6 is 15.9 Å². The summed E-state index contributed by atoms with van der Waals surface area (Å²) in [5, 5.41) is 3.33. The molecule has 0 aliphatic rings. The highest BCUT2D eigenvalue weighted by Crippen LogP contribution is 2.00. The molecule has 6 heteroatoms. The number of rotatable bonds is 1. The Morgan fingerprint density at radius 3 is 3.17 bits per heavy atom. The molecule has 0 bridgehead atoms. The van der Waals surface area contributed by atoms with Crippen LogP contribution in [0.15, 0.2) is 17.3 Å². The molecule has 0 unspecified atom stereocenters. The van der Waals surface area contributed by atoms with E-state index in [1.165, 1.54) is 17.2 Å². The van der Waals surface area contributed by atoms with Gasteiger partial charge in [-0.3, -0.25) is 9.89 Å². The summed E-state index contributed by atoms with van der Waals surface area (Å²) in [6.07, 6.45) is 2.90. The van der Waals surface area contributed by atoms with E-state index in [2.05, 4.69) is 31.0 Å². The van der Waals surface area contributed by atoms with Crippen molar-refractivity contribution in [3.05, 3.63) is 22.9 Å². The first kappa shape index (κ1) is 7.48. The molecule has 0 atom stereocenters. The van der Waals surface area contributed by atoms with Crippen LogP contribution in [0.4, 0.5) is 0 Å². The molecule has 2 aromatic rings. The number of hydrogen-bond donors (Lipinski definition) is 1. The summed E-state index contributed by atoms with van der Waals surface area (Å²) < 4.78 is 1.42. The lowest BCUT2D eigenvalue weighted by Gasteiger charge is -1.88. The highest BCUT2D eigenvalue weighted by atomic mass is 79.9. The van der Waals surface area contributed by atoms with Gasteiger partial charge >= 0.3 is 0 Å². The molecule has 1 N–H and O–H groups in total. The number of halogens is 1. The van der Waals surface area contributed by atoms with Crippen LogP contribution in [0.5, 0.6) is 0 Å². The number of aromatic nitrogens is 4. The van der Waals surface area contributed by atoms with E-state index < -0.39 is 0 Å². The SMILES string of the molecule is O=c1c2cncnc2[nH]n1CBr. The fourth-order valence-electron chi connectivity index (χ4n) is 0.983. The molecule has 2 aromatic heterocycles. The molecule has 2 heterocycles. The summed E-state index contributed by atoms with van der Waals surface area (Å²) in [6, 6.07) is 0. The van der Waals surface area contributed by atoms with Gasteiger partial charge in [-0.05, 0) is 0 Å². The van der Waals surface area contributed by atoms with E-state index in [0.717, 1.165) is 0 Å². The maximum absolute atomic E-state index is 11.4. The molecule has 12 heavy (non-hydrogen) atoms. The number of alkyl halides is 1. The molecule has 0 aliphatic heterocycles. The third-order valence-electron chi connectivity index (χ3n) is 1.55. The summed E-state index contributed by atoms with van der Waals surface area (Å²) in [4.78, 5) is 19.0. The Hall–Kier alpha value is -1.17. The van der Waals surface area contributed by atoms with Crippen molar-refractivity contribution in [2.24, 2.45) is 0 Å². The predicted octanol–water partition coefficient (Wildman–Crippen LogP) is 0.472. The molecule has 0 amide bonds. The van der Waals surface area contributed by atoms with Gasteiger partial charge in [0.2, 0.25) is 0 Å². The topological polar surface area (TPSA) is 63.6 Å².